The normalized spacial score (nSPS) is 11.6. The maximum absolute atomic E-state index is 14.1. The molecule has 0 aliphatic heterocycles. The van der Waals surface area contributed by atoms with E-state index >= 15 is 0 Å². The summed E-state index contributed by atoms with van der Waals surface area (Å²) in [7, 11) is 0. The number of hydrogen-bond donors (Lipinski definition) is 0. The van der Waals surface area contributed by atoms with Gasteiger partial charge in [0.25, 0.3) is 0 Å². The Morgan fingerprint density at radius 1 is 1.00 bits per heavy atom. The van der Waals surface area contributed by atoms with E-state index in [0.29, 0.717) is 17.2 Å². The van der Waals surface area contributed by atoms with Gasteiger partial charge in [-0.2, -0.15) is 9.61 Å². The summed E-state index contributed by atoms with van der Waals surface area (Å²) in [5, 5.41) is 20.2. The molecule has 3 heterocycles. The minimum atomic E-state index is -0.759. The van der Waals surface area contributed by atoms with Gasteiger partial charge in [0.15, 0.2) is 17.2 Å². The van der Waals surface area contributed by atoms with Crippen molar-refractivity contribution in [1.82, 2.24) is 30.1 Å². The average Bonchev–Trinajstić information content (AvgIpc) is 3.20. The molecular weight excluding hydrogens is 330 g/mol. The molecule has 0 aliphatic carbocycles. The van der Waals surface area contributed by atoms with Crippen molar-refractivity contribution in [3.63, 3.8) is 0 Å². The fourth-order valence-electron chi connectivity index (χ4n) is 2.51. The van der Waals surface area contributed by atoms with Crippen LogP contribution in [0, 0.1) is 11.6 Å². The molecule has 25 heavy (non-hydrogen) atoms. The number of halogens is 2. The first-order chi connectivity index (χ1) is 12.0. The lowest BCUT2D eigenvalue weighted by molar-refractivity contribution is 0.309. The SMILES string of the molecule is CC(C)c1nnc2ccc(-c3nonc3-c3ccc(F)cc3F)nn12. The van der Waals surface area contributed by atoms with Crippen LogP contribution < -0.4 is 0 Å². The molecule has 1 aromatic carbocycles. The Morgan fingerprint density at radius 2 is 1.80 bits per heavy atom. The molecule has 0 amide bonds. The zero-order chi connectivity index (χ0) is 17.6. The summed E-state index contributed by atoms with van der Waals surface area (Å²) in [4.78, 5) is 0. The van der Waals surface area contributed by atoms with E-state index < -0.39 is 11.6 Å². The van der Waals surface area contributed by atoms with E-state index in [1.165, 1.54) is 6.07 Å². The molecule has 7 nitrogen and oxygen atoms in total. The van der Waals surface area contributed by atoms with Gasteiger partial charge in [0.2, 0.25) is 0 Å². The summed E-state index contributed by atoms with van der Waals surface area (Å²) in [6.07, 6.45) is 0. The highest BCUT2D eigenvalue weighted by Crippen LogP contribution is 2.30. The van der Waals surface area contributed by atoms with Crippen molar-refractivity contribution in [2.75, 3.05) is 0 Å². The molecule has 0 bridgehead atoms. The number of rotatable bonds is 3. The van der Waals surface area contributed by atoms with Crippen molar-refractivity contribution in [1.29, 1.82) is 0 Å². The lowest BCUT2D eigenvalue weighted by Crippen LogP contribution is -2.02. The van der Waals surface area contributed by atoms with Gasteiger partial charge < -0.3 is 0 Å². The summed E-state index contributed by atoms with van der Waals surface area (Å²) in [5.74, 6) is -0.639. The third-order valence-electron chi connectivity index (χ3n) is 3.72. The molecule has 3 aromatic heterocycles. The van der Waals surface area contributed by atoms with E-state index in [9.17, 15) is 8.78 Å². The largest absolute Gasteiger partial charge is 0.243 e. The van der Waals surface area contributed by atoms with E-state index in [0.717, 1.165) is 12.1 Å². The zero-order valence-corrected chi connectivity index (χ0v) is 13.3. The van der Waals surface area contributed by atoms with Gasteiger partial charge in [-0.05, 0) is 34.6 Å². The Labute approximate surface area is 140 Å². The van der Waals surface area contributed by atoms with Crippen molar-refractivity contribution >= 4 is 5.65 Å². The van der Waals surface area contributed by atoms with Crippen LogP contribution in [0.3, 0.4) is 0 Å². The first-order valence-electron chi connectivity index (χ1n) is 7.55. The van der Waals surface area contributed by atoms with E-state index in [1.54, 1.807) is 16.6 Å². The lowest BCUT2D eigenvalue weighted by Gasteiger charge is -2.04. The summed E-state index contributed by atoms with van der Waals surface area (Å²) >= 11 is 0. The van der Waals surface area contributed by atoms with Gasteiger partial charge in [-0.1, -0.05) is 13.8 Å². The molecule has 0 unspecified atom stereocenters. The molecular formula is C16H12F2N6O. The maximum atomic E-state index is 14.1. The highest BCUT2D eigenvalue weighted by Gasteiger charge is 2.20. The highest BCUT2D eigenvalue weighted by molar-refractivity contribution is 5.75. The minimum absolute atomic E-state index is 0.0763. The van der Waals surface area contributed by atoms with E-state index in [4.69, 9.17) is 4.63 Å². The van der Waals surface area contributed by atoms with Crippen molar-refractivity contribution in [3.8, 4) is 22.6 Å². The van der Waals surface area contributed by atoms with Crippen LogP contribution in [-0.4, -0.2) is 30.1 Å². The summed E-state index contributed by atoms with van der Waals surface area (Å²) in [5.41, 5.74) is 1.46. The van der Waals surface area contributed by atoms with E-state index in [-0.39, 0.29) is 22.9 Å². The minimum Gasteiger partial charge on any atom is -0.243 e. The zero-order valence-electron chi connectivity index (χ0n) is 13.3. The quantitative estimate of drug-likeness (QED) is 0.568. The first kappa shape index (κ1) is 15.3. The van der Waals surface area contributed by atoms with Crippen LogP contribution in [0.15, 0.2) is 35.0 Å². The molecule has 0 aliphatic rings. The van der Waals surface area contributed by atoms with Gasteiger partial charge in [-0.25, -0.2) is 13.4 Å². The van der Waals surface area contributed by atoms with Gasteiger partial charge in [-0.3, -0.25) is 0 Å². The van der Waals surface area contributed by atoms with Crippen LogP contribution in [0.25, 0.3) is 28.3 Å². The molecule has 0 spiro atoms. The number of benzene rings is 1. The van der Waals surface area contributed by atoms with Crippen LogP contribution in [0.4, 0.5) is 8.78 Å². The smallest absolute Gasteiger partial charge is 0.177 e. The predicted molar refractivity (Wildman–Crippen MR) is 83.5 cm³/mol. The Hall–Kier alpha value is -3.23. The molecule has 0 fully saturated rings. The van der Waals surface area contributed by atoms with E-state index in [2.05, 4.69) is 25.6 Å². The third kappa shape index (κ3) is 2.53. The summed E-state index contributed by atoms with van der Waals surface area (Å²) in [6, 6.07) is 6.59. The van der Waals surface area contributed by atoms with Gasteiger partial charge in [-0.15, -0.1) is 10.2 Å². The molecule has 4 aromatic rings. The standard InChI is InChI=1S/C16H12F2N6O/c1-8(2)16-20-19-13-6-5-12(21-24(13)16)15-14(22-25-23-15)10-4-3-9(17)7-11(10)18/h3-8H,1-2H3. The summed E-state index contributed by atoms with van der Waals surface area (Å²) < 4.78 is 33.6. The Morgan fingerprint density at radius 3 is 2.56 bits per heavy atom. The molecule has 4 rings (SSSR count). The van der Waals surface area contributed by atoms with Gasteiger partial charge in [0.05, 0.1) is 0 Å². The molecule has 0 saturated carbocycles. The molecule has 0 N–H and O–H groups in total. The van der Waals surface area contributed by atoms with Crippen molar-refractivity contribution in [3.05, 3.63) is 47.8 Å². The molecule has 0 atom stereocenters. The monoisotopic (exact) mass is 342 g/mol. The highest BCUT2D eigenvalue weighted by atomic mass is 19.1. The van der Waals surface area contributed by atoms with Gasteiger partial charge in [0.1, 0.15) is 23.0 Å². The number of nitrogens with zero attached hydrogens (tertiary/aromatic N) is 6. The van der Waals surface area contributed by atoms with Crippen molar-refractivity contribution in [2.45, 2.75) is 19.8 Å². The fourth-order valence-corrected chi connectivity index (χ4v) is 2.51. The van der Waals surface area contributed by atoms with Crippen LogP contribution in [-0.2, 0) is 0 Å². The predicted octanol–water partition coefficient (Wildman–Crippen LogP) is 3.24. The third-order valence-corrected chi connectivity index (χ3v) is 3.72. The van der Waals surface area contributed by atoms with Gasteiger partial charge in [0, 0.05) is 17.5 Å². The topological polar surface area (TPSA) is 82.0 Å². The Kier molecular flexibility index (Phi) is 3.48. The van der Waals surface area contributed by atoms with Crippen molar-refractivity contribution in [2.24, 2.45) is 0 Å². The fraction of sp³-hybridized carbons (Fsp3) is 0.188. The first-order valence-corrected chi connectivity index (χ1v) is 7.55. The molecule has 126 valence electrons. The molecule has 0 radical (unpaired) electrons. The second-order valence-electron chi connectivity index (χ2n) is 5.79. The Bertz CT molecular complexity index is 1070. The lowest BCUT2D eigenvalue weighted by atomic mass is 10.1. The number of aromatic nitrogens is 6. The number of fused-ring (bicyclic) bond motifs is 1. The van der Waals surface area contributed by atoms with Gasteiger partial charge >= 0.3 is 0 Å². The van der Waals surface area contributed by atoms with Crippen LogP contribution in [0.5, 0.6) is 0 Å². The van der Waals surface area contributed by atoms with Crippen LogP contribution in [0.2, 0.25) is 0 Å². The number of hydrogen-bond acceptors (Lipinski definition) is 6. The second-order valence-corrected chi connectivity index (χ2v) is 5.79. The Balaban J connectivity index is 1.87. The van der Waals surface area contributed by atoms with E-state index in [1.807, 2.05) is 13.8 Å². The maximum Gasteiger partial charge on any atom is 0.177 e. The van der Waals surface area contributed by atoms with Crippen LogP contribution >= 0.6 is 0 Å². The second kappa shape index (κ2) is 5.69. The molecule has 9 heteroatoms. The van der Waals surface area contributed by atoms with Crippen LogP contribution in [0.1, 0.15) is 25.6 Å². The summed E-state index contributed by atoms with van der Waals surface area (Å²) in [6.45, 7) is 3.95. The molecule has 0 saturated heterocycles. The van der Waals surface area contributed by atoms with Crippen molar-refractivity contribution < 1.29 is 13.4 Å². The average molecular weight is 342 g/mol.